The van der Waals surface area contributed by atoms with Crippen LogP contribution in [-0.4, -0.2) is 23.3 Å². The number of unbranched alkanes of at least 4 members (excludes halogenated alkanes) is 21. The summed E-state index contributed by atoms with van der Waals surface area (Å²) in [6, 6.07) is 0. The fraction of sp³-hybridized carbons (Fsp3) is 0.921. The number of ether oxygens (including phenoxy) is 1. The van der Waals surface area contributed by atoms with Crippen molar-refractivity contribution in [3.05, 3.63) is 12.2 Å². The van der Waals surface area contributed by atoms with Gasteiger partial charge in [-0.15, -0.1) is 0 Å². The molecule has 0 saturated carbocycles. The van der Waals surface area contributed by atoms with Crippen LogP contribution >= 0.6 is 0 Å². The van der Waals surface area contributed by atoms with Gasteiger partial charge in [0, 0.05) is 6.42 Å². The van der Waals surface area contributed by atoms with Crippen molar-refractivity contribution in [2.24, 2.45) is 0 Å². The van der Waals surface area contributed by atoms with E-state index < -0.39 is 0 Å². The minimum absolute atomic E-state index is 0.0353. The number of rotatable bonds is 33. The molecule has 0 fully saturated rings. The Morgan fingerprint density at radius 1 is 0.537 bits per heavy atom. The molecular formula is C38H74O3. The maximum Gasteiger partial charge on any atom is 0.306 e. The Balaban J connectivity index is 3.96. The number of hydrogen-bond acceptors (Lipinski definition) is 3. The molecule has 0 amide bonds. The van der Waals surface area contributed by atoms with Crippen molar-refractivity contribution in [2.45, 2.75) is 226 Å². The molecule has 0 aromatic rings. The summed E-state index contributed by atoms with van der Waals surface area (Å²) in [5, 5.41) is 10.0. The summed E-state index contributed by atoms with van der Waals surface area (Å²) in [5.74, 6) is 0.0353. The summed E-state index contributed by atoms with van der Waals surface area (Å²) in [6.45, 7) is 6.77. The van der Waals surface area contributed by atoms with Crippen molar-refractivity contribution in [2.75, 3.05) is 0 Å². The molecule has 0 unspecified atom stereocenters. The monoisotopic (exact) mass is 579 g/mol. The predicted molar refractivity (Wildman–Crippen MR) is 181 cm³/mol. The molecular weight excluding hydrogens is 504 g/mol. The molecule has 0 bridgehead atoms. The molecule has 0 heterocycles. The van der Waals surface area contributed by atoms with Gasteiger partial charge in [0.1, 0.15) is 6.10 Å². The van der Waals surface area contributed by atoms with Gasteiger partial charge in [0.25, 0.3) is 0 Å². The number of carbonyl (C=O) groups excluding carboxylic acids is 1. The van der Waals surface area contributed by atoms with Gasteiger partial charge in [-0.25, -0.2) is 0 Å². The smallest absolute Gasteiger partial charge is 0.306 e. The van der Waals surface area contributed by atoms with E-state index >= 15 is 0 Å². The summed E-state index contributed by atoms with van der Waals surface area (Å²) in [5.41, 5.74) is 0. The molecule has 0 aromatic carbocycles. The second-order valence-electron chi connectivity index (χ2n) is 12.8. The Kier molecular flexibility index (Phi) is 33.0. The van der Waals surface area contributed by atoms with Crippen molar-refractivity contribution in [3.63, 3.8) is 0 Å². The standard InChI is InChI=1S/C38H74O3/c1-4-7-10-13-15-16-20-24-29-34-37(33-28-23-14-11-8-5-2)41-38(40)35-30-25-21-18-17-19-22-27-32-36(39)31-26-12-9-6-3/h22,27,36-37,39H,4-21,23-26,28-35H2,1-3H3/b27-22-/t36-,37+/m1/s1. The van der Waals surface area contributed by atoms with Crippen LogP contribution in [0.2, 0.25) is 0 Å². The van der Waals surface area contributed by atoms with Gasteiger partial charge in [-0.3, -0.25) is 4.79 Å². The van der Waals surface area contributed by atoms with Crippen LogP contribution in [0.5, 0.6) is 0 Å². The summed E-state index contributed by atoms with van der Waals surface area (Å²) in [6.07, 6.45) is 40.4. The molecule has 3 nitrogen and oxygen atoms in total. The third kappa shape index (κ3) is 31.9. The number of aliphatic hydroxyl groups is 1. The van der Waals surface area contributed by atoms with E-state index in [0.717, 1.165) is 51.4 Å². The molecule has 2 atom stereocenters. The highest BCUT2D eigenvalue weighted by Gasteiger charge is 2.14. The zero-order valence-electron chi connectivity index (χ0n) is 28.3. The first-order valence-electron chi connectivity index (χ1n) is 18.7. The molecule has 0 saturated heterocycles. The lowest BCUT2D eigenvalue weighted by atomic mass is 10.0. The lowest BCUT2D eigenvalue weighted by Gasteiger charge is -2.18. The average molecular weight is 579 g/mol. The fourth-order valence-electron chi connectivity index (χ4n) is 5.70. The van der Waals surface area contributed by atoms with Crippen molar-refractivity contribution < 1.29 is 14.6 Å². The van der Waals surface area contributed by atoms with E-state index in [1.54, 1.807) is 0 Å². The Morgan fingerprint density at radius 3 is 1.49 bits per heavy atom. The van der Waals surface area contributed by atoms with Crippen molar-refractivity contribution >= 4 is 5.97 Å². The maximum atomic E-state index is 12.6. The molecule has 0 rings (SSSR count). The molecule has 0 radical (unpaired) electrons. The second-order valence-corrected chi connectivity index (χ2v) is 12.8. The highest BCUT2D eigenvalue weighted by molar-refractivity contribution is 5.69. The van der Waals surface area contributed by atoms with E-state index in [-0.39, 0.29) is 18.2 Å². The number of carbonyl (C=O) groups is 1. The Labute approximate surface area is 258 Å². The molecule has 0 aliphatic rings. The lowest BCUT2D eigenvalue weighted by Crippen LogP contribution is -2.18. The molecule has 1 N–H and O–H groups in total. The van der Waals surface area contributed by atoms with Crippen molar-refractivity contribution in [1.29, 1.82) is 0 Å². The second kappa shape index (κ2) is 33.7. The molecule has 3 heteroatoms. The molecule has 244 valence electrons. The first-order chi connectivity index (χ1) is 20.1. The van der Waals surface area contributed by atoms with E-state index in [1.807, 2.05) is 0 Å². The van der Waals surface area contributed by atoms with Crippen LogP contribution in [-0.2, 0) is 9.53 Å². The molecule has 0 aliphatic carbocycles. The molecule has 0 aromatic heterocycles. The minimum Gasteiger partial charge on any atom is -0.462 e. The maximum absolute atomic E-state index is 12.6. The van der Waals surface area contributed by atoms with Crippen LogP contribution in [0.25, 0.3) is 0 Å². The normalized spacial score (nSPS) is 13.2. The van der Waals surface area contributed by atoms with Crippen LogP contribution < -0.4 is 0 Å². The van der Waals surface area contributed by atoms with Gasteiger partial charge in [-0.05, 0) is 57.8 Å². The fourth-order valence-corrected chi connectivity index (χ4v) is 5.70. The van der Waals surface area contributed by atoms with Gasteiger partial charge in [0.2, 0.25) is 0 Å². The van der Waals surface area contributed by atoms with Crippen molar-refractivity contribution in [3.8, 4) is 0 Å². The van der Waals surface area contributed by atoms with Gasteiger partial charge in [0.05, 0.1) is 6.10 Å². The molecule has 0 spiro atoms. The van der Waals surface area contributed by atoms with Gasteiger partial charge in [0.15, 0.2) is 0 Å². The summed E-state index contributed by atoms with van der Waals surface area (Å²) in [4.78, 5) is 12.6. The third-order valence-electron chi connectivity index (χ3n) is 8.52. The zero-order chi connectivity index (χ0) is 30.1. The number of esters is 1. The largest absolute Gasteiger partial charge is 0.462 e. The summed E-state index contributed by atoms with van der Waals surface area (Å²) in [7, 11) is 0. The SMILES string of the molecule is CCCCCCCCCCC[C@H](CCCCCCCC)OC(=O)CCCCCCC/C=C\C[C@H](O)CCCCCC. The van der Waals surface area contributed by atoms with Crippen molar-refractivity contribution in [1.82, 2.24) is 0 Å². The van der Waals surface area contributed by atoms with E-state index in [2.05, 4.69) is 32.9 Å². The highest BCUT2D eigenvalue weighted by atomic mass is 16.5. The van der Waals surface area contributed by atoms with Crippen LogP contribution in [0.1, 0.15) is 213 Å². The zero-order valence-corrected chi connectivity index (χ0v) is 28.3. The summed E-state index contributed by atoms with van der Waals surface area (Å²) >= 11 is 0. The van der Waals surface area contributed by atoms with E-state index in [4.69, 9.17) is 4.74 Å². The lowest BCUT2D eigenvalue weighted by molar-refractivity contribution is -0.150. The quantitative estimate of drug-likeness (QED) is 0.0478. The van der Waals surface area contributed by atoms with Crippen LogP contribution in [0.3, 0.4) is 0 Å². The van der Waals surface area contributed by atoms with Gasteiger partial charge in [-0.1, -0.05) is 161 Å². The molecule has 0 aliphatic heterocycles. The minimum atomic E-state index is -0.168. The Hall–Kier alpha value is -0.830. The van der Waals surface area contributed by atoms with Crippen LogP contribution in [0, 0.1) is 0 Å². The first kappa shape index (κ1) is 40.2. The number of allylic oxidation sites excluding steroid dienone is 1. The Morgan fingerprint density at radius 2 is 0.951 bits per heavy atom. The average Bonchev–Trinajstić information content (AvgIpc) is 2.97. The predicted octanol–water partition coefficient (Wildman–Crippen LogP) is 12.6. The van der Waals surface area contributed by atoms with E-state index in [1.165, 1.54) is 135 Å². The Bertz CT molecular complexity index is 544. The van der Waals surface area contributed by atoms with E-state index in [9.17, 15) is 9.90 Å². The third-order valence-corrected chi connectivity index (χ3v) is 8.52. The highest BCUT2D eigenvalue weighted by Crippen LogP contribution is 2.19. The first-order valence-corrected chi connectivity index (χ1v) is 18.7. The molecule has 41 heavy (non-hydrogen) atoms. The number of aliphatic hydroxyl groups excluding tert-OH is 1. The van der Waals surface area contributed by atoms with Gasteiger partial charge >= 0.3 is 5.97 Å². The van der Waals surface area contributed by atoms with Gasteiger partial charge < -0.3 is 9.84 Å². The topological polar surface area (TPSA) is 46.5 Å². The summed E-state index contributed by atoms with van der Waals surface area (Å²) < 4.78 is 6.01. The van der Waals surface area contributed by atoms with Crippen LogP contribution in [0.4, 0.5) is 0 Å². The van der Waals surface area contributed by atoms with E-state index in [0.29, 0.717) is 6.42 Å². The number of hydrogen-bond donors (Lipinski definition) is 1. The van der Waals surface area contributed by atoms with Gasteiger partial charge in [-0.2, -0.15) is 0 Å². The van der Waals surface area contributed by atoms with Crippen LogP contribution in [0.15, 0.2) is 12.2 Å².